The van der Waals surface area contributed by atoms with Crippen LogP contribution < -0.4 is 10.1 Å². The predicted molar refractivity (Wildman–Crippen MR) is 133 cm³/mol. The van der Waals surface area contributed by atoms with Crippen molar-refractivity contribution < 1.29 is 9.47 Å². The van der Waals surface area contributed by atoms with Crippen LogP contribution in [0, 0.1) is 0 Å². The van der Waals surface area contributed by atoms with Gasteiger partial charge in [0.15, 0.2) is 0 Å². The maximum atomic E-state index is 5.88. The SMILES string of the molecule is CC1(C)CN(Cc2ccc3c(c2)CC[C@H](NCc2ccc(OC[C@@H]4CCCO4)cc2)C3)C=N1. The van der Waals surface area contributed by atoms with Crippen LogP contribution in [-0.4, -0.2) is 48.7 Å². The van der Waals surface area contributed by atoms with Crippen LogP contribution in [0.1, 0.15) is 55.4 Å². The van der Waals surface area contributed by atoms with Crippen LogP contribution in [0.25, 0.3) is 0 Å². The fraction of sp³-hybridized carbons (Fsp3) is 0.536. The van der Waals surface area contributed by atoms with E-state index < -0.39 is 0 Å². The van der Waals surface area contributed by atoms with E-state index in [9.17, 15) is 0 Å². The van der Waals surface area contributed by atoms with Gasteiger partial charge in [0.25, 0.3) is 0 Å². The Kier molecular flexibility index (Phi) is 6.70. The highest BCUT2D eigenvalue weighted by atomic mass is 16.5. The van der Waals surface area contributed by atoms with Crippen LogP contribution in [0.15, 0.2) is 47.5 Å². The van der Waals surface area contributed by atoms with Gasteiger partial charge in [-0.1, -0.05) is 30.3 Å². The minimum atomic E-state index is 0.0465. The fourth-order valence-electron chi connectivity index (χ4n) is 5.16. The van der Waals surface area contributed by atoms with Gasteiger partial charge < -0.3 is 19.7 Å². The van der Waals surface area contributed by atoms with E-state index in [1.54, 1.807) is 0 Å². The molecule has 2 heterocycles. The molecule has 0 saturated carbocycles. The van der Waals surface area contributed by atoms with Crippen molar-refractivity contribution in [3.63, 3.8) is 0 Å². The van der Waals surface area contributed by atoms with Crippen molar-refractivity contribution in [3.8, 4) is 5.75 Å². The molecule has 1 N–H and O–H groups in total. The molecule has 5 heteroatoms. The first-order chi connectivity index (χ1) is 16.0. The zero-order chi connectivity index (χ0) is 22.7. The zero-order valence-corrected chi connectivity index (χ0v) is 20.1. The summed E-state index contributed by atoms with van der Waals surface area (Å²) >= 11 is 0. The first kappa shape index (κ1) is 22.4. The third-order valence-corrected chi connectivity index (χ3v) is 7.02. The van der Waals surface area contributed by atoms with Gasteiger partial charge in [0, 0.05) is 32.3 Å². The van der Waals surface area contributed by atoms with Crippen molar-refractivity contribution in [2.45, 2.75) is 76.7 Å². The molecule has 2 atom stereocenters. The lowest BCUT2D eigenvalue weighted by Gasteiger charge is -2.27. The van der Waals surface area contributed by atoms with Crippen LogP contribution in [0.4, 0.5) is 0 Å². The van der Waals surface area contributed by atoms with E-state index in [1.165, 1.54) is 28.7 Å². The summed E-state index contributed by atoms with van der Waals surface area (Å²) in [6, 6.07) is 16.1. The Bertz CT molecular complexity index is 964. The van der Waals surface area contributed by atoms with Gasteiger partial charge in [-0.15, -0.1) is 0 Å². The second-order valence-electron chi connectivity index (χ2n) is 10.5. The highest BCUT2D eigenvalue weighted by molar-refractivity contribution is 5.59. The molecule has 0 amide bonds. The number of benzene rings is 2. The third kappa shape index (κ3) is 5.96. The van der Waals surface area contributed by atoms with Crippen LogP contribution >= 0.6 is 0 Å². The lowest BCUT2D eigenvalue weighted by atomic mass is 9.87. The quantitative estimate of drug-likeness (QED) is 0.647. The van der Waals surface area contributed by atoms with Gasteiger partial charge in [0.05, 0.1) is 18.0 Å². The topological polar surface area (TPSA) is 46.1 Å². The van der Waals surface area contributed by atoms with Crippen molar-refractivity contribution in [1.29, 1.82) is 0 Å². The molecule has 2 aromatic rings. The number of fused-ring (bicyclic) bond motifs is 1. The number of aliphatic imine (C=N–C) groups is 1. The van der Waals surface area contributed by atoms with E-state index in [0.717, 1.165) is 57.7 Å². The van der Waals surface area contributed by atoms with Crippen molar-refractivity contribution in [1.82, 2.24) is 10.2 Å². The van der Waals surface area contributed by atoms with Gasteiger partial charge in [0.1, 0.15) is 12.4 Å². The maximum absolute atomic E-state index is 5.88. The van der Waals surface area contributed by atoms with Crippen LogP contribution in [0.2, 0.25) is 0 Å². The van der Waals surface area contributed by atoms with Crippen LogP contribution in [0.5, 0.6) is 5.75 Å². The zero-order valence-electron chi connectivity index (χ0n) is 20.1. The summed E-state index contributed by atoms with van der Waals surface area (Å²) in [6.45, 7) is 8.76. The second kappa shape index (κ2) is 9.86. The molecular weight excluding hydrogens is 410 g/mol. The van der Waals surface area contributed by atoms with E-state index >= 15 is 0 Å². The summed E-state index contributed by atoms with van der Waals surface area (Å²) in [4.78, 5) is 6.93. The minimum Gasteiger partial charge on any atom is -0.491 e. The number of ether oxygens (including phenoxy) is 2. The molecule has 0 bridgehead atoms. The third-order valence-electron chi connectivity index (χ3n) is 7.02. The highest BCUT2D eigenvalue weighted by Gasteiger charge is 2.25. The van der Waals surface area contributed by atoms with Crippen molar-refractivity contribution in [2.24, 2.45) is 4.99 Å². The van der Waals surface area contributed by atoms with Gasteiger partial charge >= 0.3 is 0 Å². The molecule has 1 aliphatic carbocycles. The second-order valence-corrected chi connectivity index (χ2v) is 10.5. The minimum absolute atomic E-state index is 0.0465. The Labute approximate surface area is 198 Å². The van der Waals surface area contributed by atoms with Gasteiger partial charge in [-0.2, -0.15) is 0 Å². The monoisotopic (exact) mass is 447 g/mol. The van der Waals surface area contributed by atoms with E-state index in [2.05, 4.69) is 71.5 Å². The standard InChI is InChI=1S/C28H37N3O2/c1-28(2)19-31(20-30-28)17-22-5-8-24-15-25(10-9-23(24)14-22)29-16-21-6-11-26(12-7-21)33-18-27-4-3-13-32-27/h5-8,11-12,14,20,25,27,29H,3-4,9-10,13,15-19H2,1-2H3/t25-,27-/m0/s1. The summed E-state index contributed by atoms with van der Waals surface area (Å²) in [5.74, 6) is 0.931. The first-order valence-electron chi connectivity index (χ1n) is 12.5. The normalized spacial score (nSPS) is 23.6. The molecule has 0 radical (unpaired) electrons. The van der Waals surface area contributed by atoms with Crippen molar-refractivity contribution >= 4 is 6.34 Å². The number of nitrogens with zero attached hydrogens (tertiary/aromatic N) is 2. The number of hydrogen-bond acceptors (Lipinski definition) is 5. The van der Waals surface area contributed by atoms with Gasteiger partial charge in [0.2, 0.25) is 0 Å². The van der Waals surface area contributed by atoms with E-state index in [0.29, 0.717) is 12.6 Å². The van der Waals surface area contributed by atoms with Gasteiger partial charge in [-0.3, -0.25) is 4.99 Å². The predicted octanol–water partition coefficient (Wildman–Crippen LogP) is 4.51. The molecule has 1 saturated heterocycles. The smallest absolute Gasteiger partial charge is 0.119 e. The summed E-state index contributed by atoms with van der Waals surface area (Å²) in [5.41, 5.74) is 5.76. The van der Waals surface area contributed by atoms with E-state index in [1.807, 2.05) is 6.34 Å². The number of hydrogen-bond donors (Lipinski definition) is 1. The molecule has 33 heavy (non-hydrogen) atoms. The lowest BCUT2D eigenvalue weighted by molar-refractivity contribution is 0.0679. The molecule has 0 aromatic heterocycles. The fourth-order valence-corrected chi connectivity index (χ4v) is 5.16. The molecule has 176 valence electrons. The Hall–Kier alpha value is -2.37. The maximum Gasteiger partial charge on any atom is 0.119 e. The Morgan fingerprint density at radius 3 is 2.70 bits per heavy atom. The highest BCUT2D eigenvalue weighted by Crippen LogP contribution is 2.25. The molecule has 3 aliphatic rings. The number of rotatable bonds is 8. The van der Waals surface area contributed by atoms with E-state index in [-0.39, 0.29) is 11.6 Å². The Morgan fingerprint density at radius 1 is 1.09 bits per heavy atom. The molecule has 2 aromatic carbocycles. The Morgan fingerprint density at radius 2 is 1.94 bits per heavy atom. The average molecular weight is 448 g/mol. The van der Waals surface area contributed by atoms with Gasteiger partial charge in [-0.05, 0) is 80.3 Å². The summed E-state index contributed by atoms with van der Waals surface area (Å²) in [5, 5.41) is 3.77. The number of aryl methyl sites for hydroxylation is 1. The molecule has 0 unspecified atom stereocenters. The average Bonchev–Trinajstić information content (AvgIpc) is 3.46. The van der Waals surface area contributed by atoms with Crippen molar-refractivity contribution in [2.75, 3.05) is 19.8 Å². The Balaban J connectivity index is 1.08. The largest absolute Gasteiger partial charge is 0.491 e. The molecule has 5 rings (SSSR count). The van der Waals surface area contributed by atoms with Gasteiger partial charge in [-0.25, -0.2) is 0 Å². The van der Waals surface area contributed by atoms with Crippen LogP contribution in [-0.2, 0) is 30.7 Å². The van der Waals surface area contributed by atoms with E-state index in [4.69, 9.17) is 9.47 Å². The molecule has 0 spiro atoms. The summed E-state index contributed by atoms with van der Waals surface area (Å²) in [7, 11) is 0. The molecule has 5 nitrogen and oxygen atoms in total. The summed E-state index contributed by atoms with van der Waals surface area (Å²) < 4.78 is 11.5. The molecule has 1 fully saturated rings. The summed E-state index contributed by atoms with van der Waals surface area (Å²) in [6.07, 6.45) is 7.99. The number of nitrogens with one attached hydrogen (secondary N) is 1. The van der Waals surface area contributed by atoms with Crippen molar-refractivity contribution in [3.05, 3.63) is 64.7 Å². The van der Waals surface area contributed by atoms with Crippen LogP contribution in [0.3, 0.4) is 0 Å². The first-order valence-corrected chi connectivity index (χ1v) is 12.5. The molecular formula is C28H37N3O2. The lowest BCUT2D eigenvalue weighted by Crippen LogP contribution is -2.34. The molecule has 2 aliphatic heterocycles.